The lowest BCUT2D eigenvalue weighted by Crippen LogP contribution is -2.38. The quantitative estimate of drug-likeness (QED) is 0.648. The highest BCUT2D eigenvalue weighted by atomic mass is 32.2. The number of anilines is 1. The molecule has 1 aliphatic rings. The van der Waals surface area contributed by atoms with Crippen molar-refractivity contribution >= 4 is 42.6 Å². The Hall–Kier alpha value is -2.29. The van der Waals surface area contributed by atoms with Crippen LogP contribution in [-0.4, -0.2) is 36.7 Å². The van der Waals surface area contributed by atoms with Crippen LogP contribution in [0, 0.1) is 0 Å². The van der Waals surface area contributed by atoms with Gasteiger partial charge in [-0.1, -0.05) is 42.7 Å². The predicted molar refractivity (Wildman–Crippen MR) is 116 cm³/mol. The lowest BCUT2D eigenvalue weighted by Gasteiger charge is -2.30. The third kappa shape index (κ3) is 4.19. The van der Waals surface area contributed by atoms with Crippen LogP contribution >= 0.6 is 11.3 Å². The van der Waals surface area contributed by atoms with Crippen molar-refractivity contribution in [2.75, 3.05) is 12.4 Å². The SMILES string of the molecule is CN(C1CCCCC1)S(=O)(=O)c1ccc(C(=O)Nc2nc3ccccc3s2)cc1. The van der Waals surface area contributed by atoms with Crippen molar-refractivity contribution < 1.29 is 13.2 Å². The maximum Gasteiger partial charge on any atom is 0.257 e. The Morgan fingerprint density at radius 2 is 1.76 bits per heavy atom. The number of benzene rings is 2. The topological polar surface area (TPSA) is 79.4 Å². The molecule has 0 unspecified atom stereocenters. The molecular formula is C21H23N3O3S2. The Bertz CT molecular complexity index is 1080. The molecule has 1 N–H and O–H groups in total. The maximum atomic E-state index is 12.9. The third-order valence-electron chi connectivity index (χ3n) is 5.40. The van der Waals surface area contributed by atoms with E-state index in [1.807, 2.05) is 24.3 Å². The van der Waals surface area contributed by atoms with E-state index in [2.05, 4.69) is 10.3 Å². The highest BCUT2D eigenvalue weighted by Crippen LogP contribution is 2.28. The second-order valence-electron chi connectivity index (χ2n) is 7.28. The second-order valence-corrected chi connectivity index (χ2v) is 10.3. The van der Waals surface area contributed by atoms with Crippen LogP contribution in [0.3, 0.4) is 0 Å². The summed E-state index contributed by atoms with van der Waals surface area (Å²) in [5.74, 6) is -0.311. The minimum absolute atomic E-state index is 0.0516. The summed E-state index contributed by atoms with van der Waals surface area (Å²) in [6.45, 7) is 0. The van der Waals surface area contributed by atoms with Crippen molar-refractivity contribution in [1.82, 2.24) is 9.29 Å². The first kappa shape index (κ1) is 20.0. The Balaban J connectivity index is 1.48. The first-order valence-electron chi connectivity index (χ1n) is 9.70. The number of thiazole rings is 1. The molecule has 1 saturated carbocycles. The van der Waals surface area contributed by atoms with Gasteiger partial charge in [0, 0.05) is 18.7 Å². The number of aromatic nitrogens is 1. The van der Waals surface area contributed by atoms with E-state index in [1.165, 1.54) is 34.2 Å². The number of carbonyl (C=O) groups is 1. The largest absolute Gasteiger partial charge is 0.298 e. The van der Waals surface area contributed by atoms with Gasteiger partial charge in [0.25, 0.3) is 5.91 Å². The predicted octanol–water partition coefficient (Wildman–Crippen LogP) is 4.50. The Morgan fingerprint density at radius 1 is 1.07 bits per heavy atom. The summed E-state index contributed by atoms with van der Waals surface area (Å²) in [6.07, 6.45) is 5.10. The summed E-state index contributed by atoms with van der Waals surface area (Å²) in [6, 6.07) is 13.8. The summed E-state index contributed by atoms with van der Waals surface area (Å²) in [4.78, 5) is 17.1. The molecular weight excluding hydrogens is 406 g/mol. The first-order chi connectivity index (χ1) is 13.9. The maximum absolute atomic E-state index is 12.9. The van der Waals surface area contributed by atoms with Gasteiger partial charge in [-0.05, 0) is 49.2 Å². The van der Waals surface area contributed by atoms with Crippen LogP contribution in [0.25, 0.3) is 10.2 Å². The number of nitrogens with one attached hydrogen (secondary N) is 1. The molecule has 0 aliphatic heterocycles. The van der Waals surface area contributed by atoms with Crippen molar-refractivity contribution in [1.29, 1.82) is 0 Å². The average molecular weight is 430 g/mol. The van der Waals surface area contributed by atoms with Crippen LogP contribution in [0.5, 0.6) is 0 Å². The fourth-order valence-corrected chi connectivity index (χ4v) is 5.96. The fourth-order valence-electron chi connectivity index (χ4n) is 3.68. The van der Waals surface area contributed by atoms with E-state index >= 15 is 0 Å². The number of hydrogen-bond acceptors (Lipinski definition) is 5. The summed E-state index contributed by atoms with van der Waals surface area (Å²) in [7, 11) is -1.91. The molecule has 1 heterocycles. The number of carbonyl (C=O) groups excluding carboxylic acids is 1. The number of para-hydroxylation sites is 1. The van der Waals surface area contributed by atoms with Gasteiger partial charge in [0.1, 0.15) is 0 Å². The summed E-state index contributed by atoms with van der Waals surface area (Å²) >= 11 is 1.40. The van der Waals surface area contributed by atoms with Gasteiger partial charge in [-0.25, -0.2) is 13.4 Å². The van der Waals surface area contributed by atoms with Crippen LogP contribution < -0.4 is 5.32 Å². The Morgan fingerprint density at radius 3 is 2.45 bits per heavy atom. The lowest BCUT2D eigenvalue weighted by atomic mass is 9.96. The molecule has 6 nitrogen and oxygen atoms in total. The van der Waals surface area contributed by atoms with E-state index in [-0.39, 0.29) is 16.8 Å². The molecule has 0 spiro atoms. The minimum atomic E-state index is -3.57. The van der Waals surface area contributed by atoms with Crippen LogP contribution in [-0.2, 0) is 10.0 Å². The molecule has 3 aromatic rings. The van der Waals surface area contributed by atoms with Gasteiger partial charge >= 0.3 is 0 Å². The molecule has 8 heteroatoms. The van der Waals surface area contributed by atoms with E-state index < -0.39 is 10.0 Å². The standard InChI is InChI=1S/C21H23N3O3S2/c1-24(16-7-3-2-4-8-16)29(26,27)17-13-11-15(12-14-17)20(25)23-21-22-18-9-5-6-10-19(18)28-21/h5-6,9-14,16H,2-4,7-8H2,1H3,(H,22,23,25). The summed E-state index contributed by atoms with van der Waals surface area (Å²) in [5, 5.41) is 3.31. The van der Waals surface area contributed by atoms with E-state index in [4.69, 9.17) is 0 Å². The van der Waals surface area contributed by atoms with Crippen LogP contribution in [0.2, 0.25) is 0 Å². The number of fused-ring (bicyclic) bond motifs is 1. The molecule has 1 fully saturated rings. The molecule has 4 rings (SSSR count). The highest BCUT2D eigenvalue weighted by molar-refractivity contribution is 7.89. The molecule has 1 aliphatic carbocycles. The first-order valence-corrected chi connectivity index (χ1v) is 12.0. The van der Waals surface area contributed by atoms with Crippen LogP contribution in [0.4, 0.5) is 5.13 Å². The molecule has 1 amide bonds. The number of amides is 1. The molecule has 0 bridgehead atoms. The number of nitrogens with zero attached hydrogens (tertiary/aromatic N) is 2. The number of rotatable bonds is 5. The zero-order valence-corrected chi connectivity index (χ0v) is 17.8. The Labute approximate surface area is 174 Å². The van der Waals surface area contributed by atoms with Crippen molar-refractivity contribution in [2.45, 2.75) is 43.0 Å². The normalized spacial score (nSPS) is 15.7. The summed E-state index contributed by atoms with van der Waals surface area (Å²) in [5.41, 5.74) is 1.23. The fraction of sp³-hybridized carbons (Fsp3) is 0.333. The van der Waals surface area contributed by atoms with Gasteiger partial charge in [-0.2, -0.15) is 4.31 Å². The van der Waals surface area contributed by atoms with E-state index in [9.17, 15) is 13.2 Å². The molecule has 29 heavy (non-hydrogen) atoms. The van der Waals surface area contributed by atoms with Crippen LogP contribution in [0.1, 0.15) is 42.5 Å². The molecule has 2 aromatic carbocycles. The van der Waals surface area contributed by atoms with Crippen LogP contribution in [0.15, 0.2) is 53.4 Å². The third-order valence-corrected chi connectivity index (χ3v) is 8.27. The van der Waals surface area contributed by atoms with Crippen molar-refractivity contribution in [3.8, 4) is 0 Å². The zero-order chi connectivity index (χ0) is 20.4. The van der Waals surface area contributed by atoms with Crippen molar-refractivity contribution in [3.63, 3.8) is 0 Å². The molecule has 0 saturated heterocycles. The van der Waals surface area contributed by atoms with Gasteiger partial charge in [0.15, 0.2) is 5.13 Å². The molecule has 0 atom stereocenters. The Kier molecular flexibility index (Phi) is 5.67. The van der Waals surface area contributed by atoms with Crippen molar-refractivity contribution in [3.05, 3.63) is 54.1 Å². The van der Waals surface area contributed by atoms with E-state index in [1.54, 1.807) is 19.2 Å². The number of hydrogen-bond donors (Lipinski definition) is 1. The van der Waals surface area contributed by atoms with Gasteiger partial charge in [0.2, 0.25) is 10.0 Å². The average Bonchev–Trinajstić information content (AvgIpc) is 3.16. The molecule has 1 aromatic heterocycles. The number of sulfonamides is 1. The smallest absolute Gasteiger partial charge is 0.257 e. The van der Waals surface area contributed by atoms with Gasteiger partial charge in [0.05, 0.1) is 15.1 Å². The van der Waals surface area contributed by atoms with E-state index in [0.29, 0.717) is 10.7 Å². The van der Waals surface area contributed by atoms with Gasteiger partial charge in [-0.3, -0.25) is 10.1 Å². The summed E-state index contributed by atoms with van der Waals surface area (Å²) < 4.78 is 28.3. The van der Waals surface area contributed by atoms with E-state index in [0.717, 1.165) is 35.9 Å². The zero-order valence-electron chi connectivity index (χ0n) is 16.2. The highest BCUT2D eigenvalue weighted by Gasteiger charge is 2.29. The monoisotopic (exact) mass is 429 g/mol. The molecule has 0 radical (unpaired) electrons. The lowest BCUT2D eigenvalue weighted by molar-refractivity contribution is 0.102. The van der Waals surface area contributed by atoms with Gasteiger partial charge in [-0.15, -0.1) is 0 Å². The minimum Gasteiger partial charge on any atom is -0.298 e. The molecule has 152 valence electrons. The second kappa shape index (κ2) is 8.22. The van der Waals surface area contributed by atoms with Crippen molar-refractivity contribution in [2.24, 2.45) is 0 Å². The van der Waals surface area contributed by atoms with Gasteiger partial charge < -0.3 is 0 Å².